The average molecular weight is 435 g/mol. The highest BCUT2D eigenvalue weighted by Gasteiger charge is 2.28. The van der Waals surface area contributed by atoms with Gasteiger partial charge in [0.15, 0.2) is 11.6 Å². The van der Waals surface area contributed by atoms with Crippen molar-refractivity contribution in [2.45, 2.75) is 32.5 Å². The van der Waals surface area contributed by atoms with Gasteiger partial charge >= 0.3 is 11.8 Å². The molecule has 0 aliphatic carbocycles. The molecule has 1 unspecified atom stereocenters. The number of likely N-dealkylation sites (N-methyl/N-ethyl adjacent to an activating group) is 1. The molecule has 2 aromatic heterocycles. The van der Waals surface area contributed by atoms with E-state index in [0.717, 1.165) is 36.3 Å². The maximum atomic E-state index is 13.2. The first-order valence-corrected chi connectivity index (χ1v) is 10.1. The molecular formula is C19H19F2N5O3S. The Bertz CT molecular complexity index is 1080. The molecule has 0 bridgehead atoms. The fraction of sp³-hybridized carbons (Fsp3) is 0.368. The molecule has 3 aromatic rings. The van der Waals surface area contributed by atoms with E-state index in [1.807, 2.05) is 6.92 Å². The Morgan fingerprint density at radius 1 is 1.30 bits per heavy atom. The number of hydrogen-bond donors (Lipinski definition) is 0. The van der Waals surface area contributed by atoms with Gasteiger partial charge in [0.05, 0.1) is 12.2 Å². The Balaban J connectivity index is 0.000000158. The van der Waals surface area contributed by atoms with Crippen LogP contribution in [0.5, 0.6) is 6.01 Å². The zero-order chi connectivity index (χ0) is 21.4. The molecule has 0 spiro atoms. The van der Waals surface area contributed by atoms with Crippen LogP contribution in [0.3, 0.4) is 0 Å². The largest absolute Gasteiger partial charge is 0.441 e. The zero-order valence-electron chi connectivity index (χ0n) is 16.3. The fourth-order valence-corrected chi connectivity index (χ4v) is 4.45. The van der Waals surface area contributed by atoms with Crippen molar-refractivity contribution < 1.29 is 18.4 Å². The summed E-state index contributed by atoms with van der Waals surface area (Å²) >= 11 is 1.56. The highest BCUT2D eigenvalue weighted by Crippen LogP contribution is 2.32. The topological polar surface area (TPSA) is 86.3 Å². The minimum Gasteiger partial charge on any atom is -0.441 e. The number of nitro groups is 1. The van der Waals surface area contributed by atoms with E-state index < -0.39 is 16.6 Å². The van der Waals surface area contributed by atoms with Crippen LogP contribution in [0.2, 0.25) is 0 Å². The number of rotatable bonds is 2. The predicted octanol–water partition coefficient (Wildman–Crippen LogP) is 3.65. The van der Waals surface area contributed by atoms with Gasteiger partial charge in [0.25, 0.3) is 0 Å². The Hall–Kier alpha value is -2.92. The van der Waals surface area contributed by atoms with Crippen LogP contribution in [0.25, 0.3) is 10.6 Å². The third kappa shape index (κ3) is 4.17. The second-order valence-electron chi connectivity index (χ2n) is 7.23. The summed E-state index contributed by atoms with van der Waals surface area (Å²) in [6, 6.07) is 4.28. The average Bonchev–Trinajstić information content (AvgIpc) is 3.36. The SMILES string of the molecule is CC1Cn2cc([N+](=O)[O-])nc2O1.CN1CCc2nc(-c3ccc(F)c(F)c3)sc2C1. The van der Waals surface area contributed by atoms with Crippen LogP contribution < -0.4 is 4.74 Å². The Kier molecular flexibility index (Phi) is 5.48. The van der Waals surface area contributed by atoms with Gasteiger partial charge in [0.1, 0.15) is 17.3 Å². The molecule has 2 aliphatic heterocycles. The van der Waals surface area contributed by atoms with Crippen molar-refractivity contribution >= 4 is 17.2 Å². The van der Waals surface area contributed by atoms with Crippen molar-refractivity contribution in [3.8, 4) is 16.6 Å². The van der Waals surface area contributed by atoms with Crippen molar-refractivity contribution in [2.24, 2.45) is 0 Å². The Morgan fingerprint density at radius 3 is 2.80 bits per heavy atom. The van der Waals surface area contributed by atoms with E-state index in [2.05, 4.69) is 21.9 Å². The van der Waals surface area contributed by atoms with Gasteiger partial charge in [-0.25, -0.2) is 13.8 Å². The van der Waals surface area contributed by atoms with Crippen molar-refractivity contribution in [2.75, 3.05) is 13.6 Å². The van der Waals surface area contributed by atoms with Gasteiger partial charge in [0, 0.05) is 34.9 Å². The van der Waals surface area contributed by atoms with Gasteiger partial charge in [-0.1, -0.05) is 0 Å². The van der Waals surface area contributed by atoms with E-state index >= 15 is 0 Å². The van der Waals surface area contributed by atoms with Gasteiger partial charge < -0.3 is 19.8 Å². The van der Waals surface area contributed by atoms with Crippen LogP contribution in [0.15, 0.2) is 24.4 Å². The second kappa shape index (κ2) is 8.07. The summed E-state index contributed by atoms with van der Waals surface area (Å²) in [5, 5.41) is 11.0. The highest BCUT2D eigenvalue weighted by molar-refractivity contribution is 7.15. The van der Waals surface area contributed by atoms with Gasteiger partial charge in [-0.3, -0.25) is 4.57 Å². The van der Waals surface area contributed by atoms with Crippen LogP contribution in [0.1, 0.15) is 17.5 Å². The lowest BCUT2D eigenvalue weighted by Crippen LogP contribution is -2.25. The molecule has 1 atom stereocenters. The van der Waals surface area contributed by atoms with Crippen molar-refractivity contribution in [3.63, 3.8) is 0 Å². The molecule has 2 aliphatic rings. The first kappa shape index (κ1) is 20.4. The Labute approximate surface area is 174 Å². The van der Waals surface area contributed by atoms with Crippen molar-refractivity contribution in [3.05, 3.63) is 56.7 Å². The van der Waals surface area contributed by atoms with Gasteiger partial charge in [-0.2, -0.15) is 0 Å². The molecule has 158 valence electrons. The van der Waals surface area contributed by atoms with Gasteiger partial charge in [-0.05, 0) is 37.1 Å². The summed E-state index contributed by atoms with van der Waals surface area (Å²) in [5.41, 5.74) is 1.74. The molecule has 0 saturated carbocycles. The van der Waals surface area contributed by atoms with E-state index in [0.29, 0.717) is 18.1 Å². The highest BCUT2D eigenvalue weighted by atomic mass is 32.1. The van der Waals surface area contributed by atoms with Crippen LogP contribution in [-0.4, -0.2) is 44.1 Å². The van der Waals surface area contributed by atoms with Crippen molar-refractivity contribution in [1.29, 1.82) is 0 Å². The quantitative estimate of drug-likeness (QED) is 0.451. The lowest BCUT2D eigenvalue weighted by Gasteiger charge is -2.20. The maximum absolute atomic E-state index is 13.2. The maximum Gasteiger partial charge on any atom is 0.414 e. The summed E-state index contributed by atoms with van der Waals surface area (Å²) in [5.74, 6) is -1.80. The van der Waals surface area contributed by atoms with Crippen LogP contribution in [0, 0.1) is 21.7 Å². The summed E-state index contributed by atoms with van der Waals surface area (Å²) in [4.78, 5) is 21.4. The smallest absolute Gasteiger partial charge is 0.414 e. The van der Waals surface area contributed by atoms with Gasteiger partial charge in [0.2, 0.25) is 0 Å². The summed E-state index contributed by atoms with van der Waals surface area (Å²) in [6.45, 7) is 4.40. The lowest BCUT2D eigenvalue weighted by atomic mass is 10.2. The van der Waals surface area contributed by atoms with Crippen LogP contribution in [0.4, 0.5) is 14.6 Å². The second-order valence-corrected chi connectivity index (χ2v) is 8.31. The summed E-state index contributed by atoms with van der Waals surface area (Å²) < 4.78 is 32.9. The lowest BCUT2D eigenvalue weighted by molar-refractivity contribution is -0.389. The molecule has 0 N–H and O–H groups in total. The molecule has 11 heteroatoms. The molecule has 8 nitrogen and oxygen atoms in total. The summed E-state index contributed by atoms with van der Waals surface area (Å²) in [6.07, 6.45) is 2.37. The number of imidazole rings is 1. The number of fused-ring (bicyclic) bond motifs is 2. The normalized spacial score (nSPS) is 17.5. The number of hydrogen-bond acceptors (Lipinski definition) is 7. The van der Waals surface area contributed by atoms with E-state index in [1.165, 1.54) is 17.1 Å². The number of aromatic nitrogens is 3. The number of nitrogens with zero attached hydrogens (tertiary/aromatic N) is 5. The van der Waals surface area contributed by atoms with Crippen LogP contribution in [-0.2, 0) is 19.5 Å². The zero-order valence-corrected chi connectivity index (χ0v) is 17.2. The van der Waals surface area contributed by atoms with Crippen LogP contribution >= 0.6 is 11.3 Å². The molecule has 0 amide bonds. The molecule has 0 saturated heterocycles. The minimum atomic E-state index is -0.821. The van der Waals surface area contributed by atoms with Gasteiger partial charge in [-0.15, -0.1) is 11.3 Å². The molecule has 4 heterocycles. The number of ether oxygens (including phenoxy) is 1. The third-order valence-electron chi connectivity index (χ3n) is 4.76. The predicted molar refractivity (Wildman–Crippen MR) is 106 cm³/mol. The molecule has 0 radical (unpaired) electrons. The van der Waals surface area contributed by atoms with E-state index in [9.17, 15) is 18.9 Å². The van der Waals surface area contributed by atoms with Crippen molar-refractivity contribution in [1.82, 2.24) is 19.4 Å². The molecular weight excluding hydrogens is 416 g/mol. The Morgan fingerprint density at radius 2 is 2.10 bits per heavy atom. The molecule has 1 aromatic carbocycles. The van der Waals surface area contributed by atoms with E-state index in [4.69, 9.17) is 4.74 Å². The number of thiazole rings is 1. The van der Waals surface area contributed by atoms with E-state index in [1.54, 1.807) is 22.0 Å². The minimum absolute atomic E-state index is 0.0632. The first-order chi connectivity index (χ1) is 14.3. The molecule has 0 fully saturated rings. The summed E-state index contributed by atoms with van der Waals surface area (Å²) in [7, 11) is 2.07. The first-order valence-electron chi connectivity index (χ1n) is 9.31. The number of benzene rings is 1. The monoisotopic (exact) mass is 435 g/mol. The molecule has 5 rings (SSSR count). The number of halogens is 2. The standard InChI is InChI=1S/C13H12F2N2S.C6H7N3O3/c1-17-5-4-11-12(7-17)18-13(16-11)8-2-3-9(14)10(15)6-8;1-4-2-8-3-5(9(10)11)7-6(8)12-4/h2-3,6H,4-5,7H2,1H3;3-4H,2H2,1H3. The fourth-order valence-electron chi connectivity index (χ4n) is 3.27. The third-order valence-corrected chi connectivity index (χ3v) is 5.89. The van der Waals surface area contributed by atoms with E-state index in [-0.39, 0.29) is 11.9 Å². The molecule has 30 heavy (non-hydrogen) atoms.